The Balaban J connectivity index is 4.50. The lowest BCUT2D eigenvalue weighted by atomic mass is 10.0. The molecular formula is C10H18N2O5. The summed E-state index contributed by atoms with van der Waals surface area (Å²) in [6.07, 6.45) is 0.768. The van der Waals surface area contributed by atoms with Gasteiger partial charge in [-0.1, -0.05) is 13.3 Å². The van der Waals surface area contributed by atoms with Crippen LogP contribution < -0.4 is 5.73 Å². The molecular weight excluding hydrogens is 228 g/mol. The van der Waals surface area contributed by atoms with Crippen molar-refractivity contribution < 1.29 is 24.6 Å². The Hall–Kier alpha value is -1.63. The van der Waals surface area contributed by atoms with E-state index >= 15 is 0 Å². The average Bonchev–Trinajstić information content (AvgIpc) is 2.23. The monoisotopic (exact) mass is 246 g/mol. The van der Waals surface area contributed by atoms with E-state index in [4.69, 9.17) is 15.9 Å². The highest BCUT2D eigenvalue weighted by atomic mass is 16.4. The van der Waals surface area contributed by atoms with Gasteiger partial charge in [0.05, 0.1) is 0 Å². The molecule has 0 radical (unpaired) electrons. The zero-order chi connectivity index (χ0) is 13.4. The maximum absolute atomic E-state index is 11.7. The summed E-state index contributed by atoms with van der Waals surface area (Å²) in [4.78, 5) is 33.5. The predicted molar refractivity (Wildman–Crippen MR) is 59.3 cm³/mol. The lowest BCUT2D eigenvalue weighted by Gasteiger charge is -2.21. The molecule has 0 aromatic heterocycles. The van der Waals surface area contributed by atoms with E-state index in [2.05, 4.69) is 0 Å². The number of amides is 1. The summed E-state index contributed by atoms with van der Waals surface area (Å²) < 4.78 is 0. The van der Waals surface area contributed by atoms with Crippen molar-refractivity contribution in [2.45, 2.75) is 19.8 Å². The van der Waals surface area contributed by atoms with E-state index in [1.54, 1.807) is 0 Å². The lowest BCUT2D eigenvalue weighted by molar-refractivity contribution is -0.149. The van der Waals surface area contributed by atoms with E-state index in [1.807, 2.05) is 6.92 Å². The molecule has 0 aliphatic carbocycles. The molecule has 1 atom stereocenters. The summed E-state index contributed by atoms with van der Waals surface area (Å²) in [5.41, 5.74) is 5.43. The number of nitrogens with zero attached hydrogens (tertiary/aromatic N) is 1. The van der Waals surface area contributed by atoms with Gasteiger partial charge in [0.2, 0.25) is 5.91 Å². The number of carboxylic acids is 2. The quantitative estimate of drug-likeness (QED) is 0.523. The van der Waals surface area contributed by atoms with Crippen LogP contribution in [0.15, 0.2) is 0 Å². The minimum Gasteiger partial charge on any atom is -0.480 e. The Bertz CT molecular complexity index is 272. The molecule has 7 heteroatoms. The molecule has 0 saturated carbocycles. The fourth-order valence-electron chi connectivity index (χ4n) is 1.33. The van der Waals surface area contributed by atoms with Crippen LogP contribution in [0, 0.1) is 5.92 Å². The number of carbonyl (C=O) groups excluding carboxylic acids is 1. The third-order valence-electron chi connectivity index (χ3n) is 2.38. The van der Waals surface area contributed by atoms with E-state index in [0.29, 0.717) is 13.0 Å². The molecule has 1 amide bonds. The van der Waals surface area contributed by atoms with Crippen molar-refractivity contribution in [3.8, 4) is 0 Å². The van der Waals surface area contributed by atoms with Crippen LogP contribution in [0.5, 0.6) is 0 Å². The second-order valence-corrected chi connectivity index (χ2v) is 3.75. The van der Waals surface area contributed by atoms with Gasteiger partial charge in [-0.2, -0.15) is 0 Å². The summed E-state index contributed by atoms with van der Waals surface area (Å²) in [6, 6.07) is 0. The van der Waals surface area contributed by atoms with Crippen LogP contribution in [-0.4, -0.2) is 52.6 Å². The maximum atomic E-state index is 11.7. The topological polar surface area (TPSA) is 121 Å². The average molecular weight is 246 g/mol. The molecule has 0 aliphatic rings. The highest BCUT2D eigenvalue weighted by Crippen LogP contribution is 2.08. The lowest BCUT2D eigenvalue weighted by Crippen LogP contribution is -2.40. The van der Waals surface area contributed by atoms with Crippen LogP contribution >= 0.6 is 0 Å². The van der Waals surface area contributed by atoms with E-state index in [-0.39, 0.29) is 12.3 Å². The van der Waals surface area contributed by atoms with Crippen molar-refractivity contribution in [2.75, 3.05) is 19.6 Å². The van der Waals surface area contributed by atoms with Gasteiger partial charge < -0.3 is 20.8 Å². The number of aliphatic carboxylic acids is 2. The standard InChI is InChI=1S/C10H18N2O5/c1-2-7(4-11)3-8(13)12(5-9(14)15)6-10(16)17/h7H,2-6,11H2,1H3,(H,14,15)(H,16,17). The minimum atomic E-state index is -1.24. The van der Waals surface area contributed by atoms with E-state index in [9.17, 15) is 14.4 Å². The number of hydrogen-bond acceptors (Lipinski definition) is 4. The molecule has 0 spiro atoms. The van der Waals surface area contributed by atoms with Crippen LogP contribution in [0.2, 0.25) is 0 Å². The molecule has 0 aromatic rings. The summed E-state index contributed by atoms with van der Waals surface area (Å²) in [6.45, 7) is 0.970. The molecule has 0 fully saturated rings. The molecule has 0 saturated heterocycles. The van der Waals surface area contributed by atoms with Crippen molar-refractivity contribution in [3.63, 3.8) is 0 Å². The van der Waals surface area contributed by atoms with Crippen molar-refractivity contribution in [1.29, 1.82) is 0 Å². The number of rotatable bonds is 8. The number of carbonyl (C=O) groups is 3. The van der Waals surface area contributed by atoms with E-state index in [1.165, 1.54) is 0 Å². The molecule has 0 aliphatic heterocycles. The third-order valence-corrected chi connectivity index (χ3v) is 2.38. The van der Waals surface area contributed by atoms with Gasteiger partial charge in [-0.15, -0.1) is 0 Å². The van der Waals surface area contributed by atoms with Gasteiger partial charge in [0, 0.05) is 6.42 Å². The Morgan fingerprint density at radius 3 is 1.94 bits per heavy atom. The van der Waals surface area contributed by atoms with E-state index in [0.717, 1.165) is 4.90 Å². The van der Waals surface area contributed by atoms with Crippen molar-refractivity contribution in [2.24, 2.45) is 11.7 Å². The Morgan fingerprint density at radius 2 is 1.65 bits per heavy atom. The second kappa shape index (κ2) is 7.61. The highest BCUT2D eigenvalue weighted by molar-refractivity contribution is 5.85. The van der Waals surface area contributed by atoms with Gasteiger partial charge in [-0.25, -0.2) is 0 Å². The number of nitrogens with two attached hydrogens (primary N) is 1. The minimum absolute atomic E-state index is 0.0485. The van der Waals surface area contributed by atoms with Crippen LogP contribution in [0.4, 0.5) is 0 Å². The summed E-state index contributed by atoms with van der Waals surface area (Å²) >= 11 is 0. The van der Waals surface area contributed by atoms with Crippen LogP contribution in [-0.2, 0) is 14.4 Å². The first-order valence-corrected chi connectivity index (χ1v) is 5.32. The Kier molecular flexibility index (Phi) is 6.88. The first-order chi connectivity index (χ1) is 7.90. The normalized spacial score (nSPS) is 11.9. The fourth-order valence-corrected chi connectivity index (χ4v) is 1.33. The SMILES string of the molecule is CCC(CN)CC(=O)N(CC(=O)O)CC(=O)O. The fraction of sp³-hybridized carbons (Fsp3) is 0.700. The van der Waals surface area contributed by atoms with Crippen molar-refractivity contribution >= 4 is 17.8 Å². The number of hydrogen-bond donors (Lipinski definition) is 3. The van der Waals surface area contributed by atoms with Gasteiger partial charge >= 0.3 is 11.9 Å². The third kappa shape index (κ3) is 6.52. The van der Waals surface area contributed by atoms with Gasteiger partial charge in [-0.05, 0) is 12.5 Å². The molecule has 1 unspecified atom stereocenters. The zero-order valence-corrected chi connectivity index (χ0v) is 9.76. The molecule has 7 nitrogen and oxygen atoms in total. The second-order valence-electron chi connectivity index (χ2n) is 3.75. The van der Waals surface area contributed by atoms with Crippen LogP contribution in [0.3, 0.4) is 0 Å². The largest absolute Gasteiger partial charge is 0.480 e. The zero-order valence-electron chi connectivity index (χ0n) is 9.76. The maximum Gasteiger partial charge on any atom is 0.323 e. The molecule has 4 N–H and O–H groups in total. The first kappa shape index (κ1) is 15.4. The van der Waals surface area contributed by atoms with Gasteiger partial charge in [0.25, 0.3) is 0 Å². The van der Waals surface area contributed by atoms with Gasteiger partial charge in [-0.3, -0.25) is 14.4 Å². The molecule has 0 bridgehead atoms. The number of carboxylic acid groups (broad SMARTS) is 2. The Labute approximate surface area is 99.2 Å². The molecule has 98 valence electrons. The highest BCUT2D eigenvalue weighted by Gasteiger charge is 2.21. The summed E-state index contributed by atoms with van der Waals surface area (Å²) in [7, 11) is 0. The van der Waals surface area contributed by atoms with Crippen molar-refractivity contribution in [1.82, 2.24) is 4.90 Å². The molecule has 17 heavy (non-hydrogen) atoms. The summed E-state index contributed by atoms with van der Waals surface area (Å²) in [5.74, 6) is -3.01. The smallest absolute Gasteiger partial charge is 0.323 e. The van der Waals surface area contributed by atoms with Gasteiger partial charge in [0.1, 0.15) is 13.1 Å². The van der Waals surface area contributed by atoms with Crippen LogP contribution in [0.1, 0.15) is 19.8 Å². The predicted octanol–water partition coefficient (Wildman–Crippen LogP) is -0.641. The van der Waals surface area contributed by atoms with Crippen molar-refractivity contribution in [3.05, 3.63) is 0 Å². The Morgan fingerprint density at radius 1 is 1.18 bits per heavy atom. The van der Waals surface area contributed by atoms with Gasteiger partial charge in [0.15, 0.2) is 0 Å². The molecule has 0 heterocycles. The van der Waals surface area contributed by atoms with E-state index < -0.39 is 30.9 Å². The molecule has 0 aromatic carbocycles. The summed E-state index contributed by atoms with van der Waals surface area (Å²) in [5, 5.41) is 17.2. The first-order valence-electron chi connectivity index (χ1n) is 5.32. The van der Waals surface area contributed by atoms with Crippen LogP contribution in [0.25, 0.3) is 0 Å². The molecule has 0 rings (SSSR count).